The zero-order valence-electron chi connectivity index (χ0n) is 14.8. The lowest BCUT2D eigenvalue weighted by Crippen LogP contribution is -2.24. The van der Waals surface area contributed by atoms with Crippen molar-refractivity contribution in [3.63, 3.8) is 0 Å². The van der Waals surface area contributed by atoms with Crippen molar-refractivity contribution in [1.82, 2.24) is 0 Å². The normalized spacial score (nSPS) is 16.6. The van der Waals surface area contributed by atoms with Crippen LogP contribution >= 0.6 is 11.6 Å². The average molecular weight is 384 g/mol. The molecule has 1 unspecified atom stereocenters. The molecule has 0 aromatic heterocycles. The summed E-state index contributed by atoms with van der Waals surface area (Å²) >= 11 is 5.90. The molecule has 0 amide bonds. The van der Waals surface area contributed by atoms with E-state index in [0.29, 0.717) is 35.1 Å². The highest BCUT2D eigenvalue weighted by molar-refractivity contribution is 6.30. The third kappa shape index (κ3) is 4.68. The third-order valence-corrected chi connectivity index (χ3v) is 4.43. The van der Waals surface area contributed by atoms with Gasteiger partial charge in [0.05, 0.1) is 18.8 Å². The number of ether oxygens (including phenoxy) is 3. The van der Waals surface area contributed by atoms with Crippen LogP contribution in [0.4, 0.5) is 0 Å². The van der Waals surface area contributed by atoms with Gasteiger partial charge >= 0.3 is 5.97 Å². The Morgan fingerprint density at radius 1 is 1.26 bits per heavy atom. The lowest BCUT2D eigenvalue weighted by molar-refractivity contribution is -0.144. The van der Waals surface area contributed by atoms with E-state index in [9.17, 15) is 10.1 Å². The number of nitriles is 1. The van der Waals surface area contributed by atoms with Gasteiger partial charge in [-0.3, -0.25) is 0 Å². The summed E-state index contributed by atoms with van der Waals surface area (Å²) in [5.74, 6) is 0.302. The van der Waals surface area contributed by atoms with Crippen LogP contribution in [0.3, 0.4) is 0 Å². The number of hydrogen-bond acceptors (Lipinski definition) is 5. The molecule has 3 rings (SSSR count). The van der Waals surface area contributed by atoms with Gasteiger partial charge in [0.15, 0.2) is 17.6 Å². The standard InChI is InChI=1S/C21H18ClNO4/c1-25-20-12-14(11-16(13-23)15-5-7-17(22)8-6-15)4-9-18(20)27-21(24)19-3-2-10-26-19/h4-9,11-12,19H,2-3,10H2,1H3/b16-11-. The predicted molar refractivity (Wildman–Crippen MR) is 103 cm³/mol. The van der Waals surface area contributed by atoms with E-state index in [1.165, 1.54) is 7.11 Å². The summed E-state index contributed by atoms with van der Waals surface area (Å²) in [6.07, 6.45) is 2.72. The van der Waals surface area contributed by atoms with Crippen molar-refractivity contribution in [2.45, 2.75) is 18.9 Å². The molecule has 0 bridgehead atoms. The molecule has 6 heteroatoms. The van der Waals surface area contributed by atoms with Crippen LogP contribution in [0.2, 0.25) is 5.02 Å². The number of methoxy groups -OCH3 is 1. The van der Waals surface area contributed by atoms with E-state index >= 15 is 0 Å². The summed E-state index contributed by atoms with van der Waals surface area (Å²) in [4.78, 5) is 12.1. The van der Waals surface area contributed by atoms with Crippen molar-refractivity contribution in [1.29, 1.82) is 5.26 Å². The summed E-state index contributed by atoms with van der Waals surface area (Å²) in [6, 6.07) is 14.3. The first-order valence-electron chi connectivity index (χ1n) is 8.50. The van der Waals surface area contributed by atoms with Crippen LogP contribution in [-0.4, -0.2) is 25.8 Å². The van der Waals surface area contributed by atoms with Crippen molar-refractivity contribution >= 4 is 29.2 Å². The van der Waals surface area contributed by atoms with Gasteiger partial charge in [-0.1, -0.05) is 29.8 Å². The number of allylic oxidation sites excluding steroid dienone is 1. The van der Waals surface area contributed by atoms with Crippen LogP contribution in [0.15, 0.2) is 42.5 Å². The van der Waals surface area contributed by atoms with E-state index < -0.39 is 12.1 Å². The van der Waals surface area contributed by atoms with Gasteiger partial charge in [-0.05, 0) is 54.3 Å². The molecule has 1 heterocycles. The highest BCUT2D eigenvalue weighted by Gasteiger charge is 2.26. The van der Waals surface area contributed by atoms with Crippen LogP contribution in [0.1, 0.15) is 24.0 Å². The molecule has 2 aromatic carbocycles. The van der Waals surface area contributed by atoms with Crippen LogP contribution in [0, 0.1) is 11.3 Å². The number of carbonyl (C=O) groups is 1. The molecule has 138 valence electrons. The molecule has 27 heavy (non-hydrogen) atoms. The Hall–Kier alpha value is -2.81. The summed E-state index contributed by atoms with van der Waals surface area (Å²) < 4.78 is 16.1. The maximum atomic E-state index is 12.1. The van der Waals surface area contributed by atoms with Crippen molar-refractivity contribution in [3.05, 3.63) is 58.6 Å². The zero-order chi connectivity index (χ0) is 19.2. The van der Waals surface area contributed by atoms with Gasteiger partial charge in [-0.2, -0.15) is 5.26 Å². The molecule has 0 aliphatic carbocycles. The summed E-state index contributed by atoms with van der Waals surface area (Å²) in [7, 11) is 1.50. The van der Waals surface area contributed by atoms with E-state index in [1.807, 2.05) is 0 Å². The topological polar surface area (TPSA) is 68.5 Å². The van der Waals surface area contributed by atoms with Gasteiger partial charge in [-0.15, -0.1) is 0 Å². The van der Waals surface area contributed by atoms with Crippen molar-refractivity contribution in [3.8, 4) is 17.6 Å². The second-order valence-electron chi connectivity index (χ2n) is 6.01. The van der Waals surface area contributed by atoms with Gasteiger partial charge in [0.2, 0.25) is 0 Å². The minimum absolute atomic E-state index is 0.320. The second-order valence-corrected chi connectivity index (χ2v) is 6.45. The van der Waals surface area contributed by atoms with Crippen molar-refractivity contribution in [2.24, 2.45) is 0 Å². The Balaban J connectivity index is 1.83. The number of nitrogens with zero attached hydrogens (tertiary/aromatic N) is 1. The van der Waals surface area contributed by atoms with Gasteiger partial charge < -0.3 is 14.2 Å². The van der Waals surface area contributed by atoms with E-state index in [1.54, 1.807) is 48.5 Å². The Labute approximate surface area is 162 Å². The van der Waals surface area contributed by atoms with E-state index in [2.05, 4.69) is 6.07 Å². The van der Waals surface area contributed by atoms with Gasteiger partial charge in [0.25, 0.3) is 0 Å². The van der Waals surface area contributed by atoms with Gasteiger partial charge in [0.1, 0.15) is 0 Å². The molecular weight excluding hydrogens is 366 g/mol. The molecule has 0 saturated carbocycles. The maximum Gasteiger partial charge on any atom is 0.340 e. The molecule has 1 fully saturated rings. The zero-order valence-corrected chi connectivity index (χ0v) is 15.5. The lowest BCUT2D eigenvalue weighted by Gasteiger charge is -2.12. The number of hydrogen-bond donors (Lipinski definition) is 0. The first-order chi connectivity index (χ1) is 13.1. The average Bonchev–Trinajstić information content (AvgIpc) is 3.23. The number of rotatable bonds is 5. The molecule has 0 radical (unpaired) electrons. The van der Waals surface area contributed by atoms with Crippen LogP contribution < -0.4 is 9.47 Å². The van der Waals surface area contributed by atoms with E-state index in [0.717, 1.165) is 17.5 Å². The van der Waals surface area contributed by atoms with E-state index in [4.69, 9.17) is 25.8 Å². The number of halogens is 1. The SMILES string of the molecule is COc1cc(/C=C(/C#N)c2ccc(Cl)cc2)ccc1OC(=O)C1CCCO1. The predicted octanol–water partition coefficient (Wildman–Crippen LogP) is 4.50. The Morgan fingerprint density at radius 2 is 2.04 bits per heavy atom. The molecule has 1 saturated heterocycles. The van der Waals surface area contributed by atoms with Crippen molar-refractivity contribution < 1.29 is 19.0 Å². The number of carbonyl (C=O) groups excluding carboxylic acids is 1. The fourth-order valence-electron chi connectivity index (χ4n) is 2.77. The van der Waals surface area contributed by atoms with Crippen LogP contribution in [0.5, 0.6) is 11.5 Å². The van der Waals surface area contributed by atoms with Crippen LogP contribution in [-0.2, 0) is 9.53 Å². The minimum atomic E-state index is -0.524. The molecule has 0 spiro atoms. The fourth-order valence-corrected chi connectivity index (χ4v) is 2.90. The smallest absolute Gasteiger partial charge is 0.340 e. The summed E-state index contributed by atoms with van der Waals surface area (Å²) in [5.41, 5.74) is 1.99. The number of esters is 1. The first kappa shape index (κ1) is 19.0. The Bertz CT molecular complexity index is 893. The van der Waals surface area contributed by atoms with Gasteiger partial charge in [0, 0.05) is 11.6 Å². The maximum absolute atomic E-state index is 12.1. The summed E-state index contributed by atoms with van der Waals surface area (Å²) in [6.45, 7) is 0.572. The van der Waals surface area contributed by atoms with Crippen molar-refractivity contribution in [2.75, 3.05) is 13.7 Å². The molecule has 2 aromatic rings. The minimum Gasteiger partial charge on any atom is -0.493 e. The summed E-state index contributed by atoms with van der Waals surface area (Å²) in [5, 5.41) is 10.1. The molecular formula is C21H18ClNO4. The molecule has 1 aliphatic rings. The molecule has 1 aliphatic heterocycles. The lowest BCUT2D eigenvalue weighted by atomic mass is 10.0. The largest absolute Gasteiger partial charge is 0.493 e. The molecule has 0 N–H and O–H groups in total. The fraction of sp³-hybridized carbons (Fsp3) is 0.238. The first-order valence-corrected chi connectivity index (χ1v) is 8.87. The quantitative estimate of drug-likeness (QED) is 0.329. The van der Waals surface area contributed by atoms with Crippen LogP contribution in [0.25, 0.3) is 11.6 Å². The molecule has 5 nitrogen and oxygen atoms in total. The highest BCUT2D eigenvalue weighted by atomic mass is 35.5. The highest BCUT2D eigenvalue weighted by Crippen LogP contribution is 2.31. The molecule has 1 atom stereocenters. The monoisotopic (exact) mass is 383 g/mol. The third-order valence-electron chi connectivity index (χ3n) is 4.18. The van der Waals surface area contributed by atoms with E-state index in [-0.39, 0.29) is 0 Å². The Kier molecular flexibility index (Phi) is 6.12. The van der Waals surface area contributed by atoms with Gasteiger partial charge in [-0.25, -0.2) is 4.79 Å². The Morgan fingerprint density at radius 3 is 2.67 bits per heavy atom. The number of benzene rings is 2. The second kappa shape index (κ2) is 8.72.